The van der Waals surface area contributed by atoms with Crippen LogP contribution < -0.4 is 5.32 Å². The Morgan fingerprint density at radius 2 is 2.05 bits per heavy atom. The van der Waals surface area contributed by atoms with Gasteiger partial charge in [-0.3, -0.25) is 14.9 Å². The molecule has 0 atom stereocenters. The van der Waals surface area contributed by atoms with E-state index in [4.69, 9.17) is 0 Å². The molecule has 0 aliphatic rings. The first-order valence-corrected chi connectivity index (χ1v) is 6.49. The largest absolute Gasteiger partial charge is 0.324 e. The summed E-state index contributed by atoms with van der Waals surface area (Å²) in [5, 5.41) is 13.5. The third kappa shape index (κ3) is 3.61. The lowest BCUT2D eigenvalue weighted by atomic mass is 10.1. The number of hydrogen-bond acceptors (Lipinski definition) is 4. The van der Waals surface area contributed by atoms with E-state index < -0.39 is 4.92 Å². The van der Waals surface area contributed by atoms with Gasteiger partial charge in [-0.2, -0.15) is 0 Å². The van der Waals surface area contributed by atoms with E-state index in [0.717, 1.165) is 0 Å². The molecule has 0 radical (unpaired) electrons. The third-order valence-electron chi connectivity index (χ3n) is 2.55. The van der Waals surface area contributed by atoms with Crippen LogP contribution in [0.4, 0.5) is 11.4 Å². The maximum Gasteiger partial charge on any atom is 0.273 e. The fraction of sp³-hybridized carbons (Fsp3) is 0.0769. The van der Waals surface area contributed by atoms with Crippen LogP contribution in [0.1, 0.15) is 5.56 Å². The second kappa shape index (κ2) is 6.25. The van der Waals surface area contributed by atoms with E-state index >= 15 is 0 Å². The summed E-state index contributed by atoms with van der Waals surface area (Å²) in [6, 6.07) is 9.56. The fourth-order valence-corrected chi connectivity index (χ4v) is 1.90. The van der Waals surface area contributed by atoms with Gasteiger partial charge in [-0.25, -0.2) is 4.98 Å². The normalized spacial score (nSPS) is 10.1. The molecular weight excluding hydrogens is 326 g/mol. The summed E-state index contributed by atoms with van der Waals surface area (Å²) in [5.74, 6) is -0.330. The van der Waals surface area contributed by atoms with Crippen molar-refractivity contribution in [2.75, 3.05) is 5.32 Å². The molecule has 0 aliphatic carbocycles. The van der Waals surface area contributed by atoms with Gasteiger partial charge in [0.2, 0.25) is 5.91 Å². The Bertz CT molecular complexity index is 644. The topological polar surface area (TPSA) is 85.1 Å². The summed E-state index contributed by atoms with van der Waals surface area (Å²) in [4.78, 5) is 26.2. The summed E-state index contributed by atoms with van der Waals surface area (Å²) in [7, 11) is 0. The number of anilines is 1. The number of aromatic nitrogens is 1. The molecule has 2 aromatic rings. The van der Waals surface area contributed by atoms with Crippen molar-refractivity contribution < 1.29 is 9.72 Å². The van der Waals surface area contributed by atoms with Gasteiger partial charge >= 0.3 is 0 Å². The minimum atomic E-state index is -0.496. The molecule has 6 nitrogen and oxygen atoms in total. The predicted octanol–water partition coefficient (Wildman–Crippen LogP) is 2.93. The van der Waals surface area contributed by atoms with Gasteiger partial charge in [0, 0.05) is 11.6 Å². The van der Waals surface area contributed by atoms with Crippen LogP contribution in [0.5, 0.6) is 0 Å². The SMILES string of the molecule is O=C(Cc1ccccc1[N+](=O)[O-])Nc1ccc(Br)nc1. The zero-order chi connectivity index (χ0) is 14.5. The lowest BCUT2D eigenvalue weighted by molar-refractivity contribution is -0.385. The van der Waals surface area contributed by atoms with Crippen molar-refractivity contribution in [3.05, 3.63) is 62.9 Å². The highest BCUT2D eigenvalue weighted by Crippen LogP contribution is 2.19. The van der Waals surface area contributed by atoms with Crippen molar-refractivity contribution in [2.45, 2.75) is 6.42 Å². The molecule has 1 aromatic heterocycles. The molecule has 1 N–H and O–H groups in total. The number of pyridine rings is 1. The van der Waals surface area contributed by atoms with Crippen molar-refractivity contribution in [1.82, 2.24) is 4.98 Å². The zero-order valence-corrected chi connectivity index (χ0v) is 11.8. The van der Waals surface area contributed by atoms with Crippen LogP contribution in [-0.4, -0.2) is 15.8 Å². The summed E-state index contributed by atoms with van der Waals surface area (Å²) in [6.45, 7) is 0. The quantitative estimate of drug-likeness (QED) is 0.528. The van der Waals surface area contributed by atoms with Gasteiger partial charge in [0.25, 0.3) is 5.69 Å². The number of nitrogens with one attached hydrogen (secondary N) is 1. The molecule has 102 valence electrons. The standard InChI is InChI=1S/C13H10BrN3O3/c14-12-6-5-10(8-15-12)16-13(18)7-9-3-1-2-4-11(9)17(19)20/h1-6,8H,7H2,(H,16,18). The third-order valence-corrected chi connectivity index (χ3v) is 3.02. The van der Waals surface area contributed by atoms with Crippen LogP contribution in [0.2, 0.25) is 0 Å². The predicted molar refractivity (Wildman–Crippen MR) is 77.4 cm³/mol. The van der Waals surface area contributed by atoms with Gasteiger partial charge in [0.15, 0.2) is 0 Å². The van der Waals surface area contributed by atoms with Gasteiger partial charge < -0.3 is 5.32 Å². The first-order valence-electron chi connectivity index (χ1n) is 5.70. The number of nitro groups is 1. The van der Waals surface area contributed by atoms with Gasteiger partial charge in [-0.15, -0.1) is 0 Å². The van der Waals surface area contributed by atoms with Crippen molar-refractivity contribution in [1.29, 1.82) is 0 Å². The van der Waals surface area contributed by atoms with Crippen LogP contribution in [0.15, 0.2) is 47.2 Å². The lowest BCUT2D eigenvalue weighted by Crippen LogP contribution is -2.15. The Balaban J connectivity index is 2.08. The van der Waals surface area contributed by atoms with Crippen LogP contribution in [-0.2, 0) is 11.2 Å². The molecule has 1 aromatic carbocycles. The zero-order valence-electron chi connectivity index (χ0n) is 10.2. The van der Waals surface area contributed by atoms with Crippen LogP contribution in [0.25, 0.3) is 0 Å². The number of carbonyl (C=O) groups excluding carboxylic acids is 1. The second-order valence-electron chi connectivity index (χ2n) is 3.98. The maximum absolute atomic E-state index is 11.9. The molecular formula is C13H10BrN3O3. The van der Waals surface area contributed by atoms with Gasteiger partial charge in [-0.05, 0) is 28.1 Å². The minimum Gasteiger partial charge on any atom is -0.324 e. The van der Waals surface area contributed by atoms with Gasteiger partial charge in [0.1, 0.15) is 4.60 Å². The minimum absolute atomic E-state index is 0.0587. The Morgan fingerprint density at radius 3 is 2.70 bits per heavy atom. The van der Waals surface area contributed by atoms with Gasteiger partial charge in [-0.1, -0.05) is 18.2 Å². The maximum atomic E-state index is 11.9. The fourth-order valence-electron chi connectivity index (χ4n) is 1.67. The van der Waals surface area contributed by atoms with Crippen LogP contribution in [0.3, 0.4) is 0 Å². The summed E-state index contributed by atoms with van der Waals surface area (Å²) in [6.07, 6.45) is 1.44. The van der Waals surface area contributed by atoms with E-state index in [-0.39, 0.29) is 18.0 Å². The molecule has 1 heterocycles. The molecule has 0 spiro atoms. The lowest BCUT2D eigenvalue weighted by Gasteiger charge is -2.05. The average molecular weight is 336 g/mol. The highest BCUT2D eigenvalue weighted by Gasteiger charge is 2.15. The van der Waals surface area contributed by atoms with Crippen LogP contribution in [0, 0.1) is 10.1 Å². The highest BCUT2D eigenvalue weighted by atomic mass is 79.9. The Labute approximate surface area is 123 Å². The molecule has 0 aliphatic heterocycles. The number of nitro benzene ring substituents is 1. The average Bonchev–Trinajstić information content (AvgIpc) is 2.41. The Hall–Kier alpha value is -2.28. The number of para-hydroxylation sites is 1. The van der Waals surface area contributed by atoms with Gasteiger partial charge in [0.05, 0.1) is 23.2 Å². The number of hydrogen-bond donors (Lipinski definition) is 1. The highest BCUT2D eigenvalue weighted by molar-refractivity contribution is 9.10. The molecule has 0 unspecified atom stereocenters. The first-order chi connectivity index (χ1) is 9.56. The van der Waals surface area contributed by atoms with Crippen molar-refractivity contribution in [3.63, 3.8) is 0 Å². The summed E-state index contributed by atoms with van der Waals surface area (Å²) in [5.41, 5.74) is 0.855. The molecule has 1 amide bonds. The number of carbonyl (C=O) groups is 1. The molecule has 2 rings (SSSR count). The molecule has 0 fully saturated rings. The number of rotatable bonds is 4. The van der Waals surface area contributed by atoms with Crippen molar-refractivity contribution in [2.24, 2.45) is 0 Å². The summed E-state index contributed by atoms with van der Waals surface area (Å²) < 4.78 is 0.661. The monoisotopic (exact) mass is 335 g/mol. The van der Waals surface area contributed by atoms with E-state index in [0.29, 0.717) is 15.9 Å². The summed E-state index contributed by atoms with van der Waals surface area (Å²) >= 11 is 3.19. The molecule has 0 saturated heterocycles. The van der Waals surface area contributed by atoms with Crippen LogP contribution >= 0.6 is 15.9 Å². The molecule has 0 bridgehead atoms. The Kier molecular flexibility index (Phi) is 4.41. The van der Waals surface area contributed by atoms with E-state index in [1.165, 1.54) is 12.3 Å². The first kappa shape index (κ1) is 14.1. The second-order valence-corrected chi connectivity index (χ2v) is 4.79. The number of amides is 1. The number of nitrogens with zero attached hydrogens (tertiary/aromatic N) is 2. The molecule has 20 heavy (non-hydrogen) atoms. The molecule has 0 saturated carbocycles. The number of halogens is 1. The Morgan fingerprint density at radius 1 is 1.30 bits per heavy atom. The number of benzene rings is 1. The van der Waals surface area contributed by atoms with Crippen molar-refractivity contribution in [3.8, 4) is 0 Å². The van der Waals surface area contributed by atoms with E-state index in [2.05, 4.69) is 26.2 Å². The van der Waals surface area contributed by atoms with E-state index in [1.54, 1.807) is 30.3 Å². The molecule has 7 heteroatoms. The van der Waals surface area contributed by atoms with E-state index in [1.807, 2.05) is 0 Å². The van der Waals surface area contributed by atoms with E-state index in [9.17, 15) is 14.9 Å². The van der Waals surface area contributed by atoms with Crippen molar-refractivity contribution >= 4 is 33.2 Å². The smallest absolute Gasteiger partial charge is 0.273 e.